The molecule has 94 valence electrons. The Morgan fingerprint density at radius 3 is 2.78 bits per heavy atom. The van der Waals surface area contributed by atoms with Crippen molar-refractivity contribution in [3.63, 3.8) is 0 Å². The van der Waals surface area contributed by atoms with Crippen LogP contribution in [0.15, 0.2) is 29.6 Å². The summed E-state index contributed by atoms with van der Waals surface area (Å²) in [6, 6.07) is 4.55. The van der Waals surface area contributed by atoms with E-state index in [1.807, 2.05) is 17.8 Å². The molecule has 5 heteroatoms. The van der Waals surface area contributed by atoms with Crippen LogP contribution in [0.2, 0.25) is 0 Å². The van der Waals surface area contributed by atoms with Crippen molar-refractivity contribution in [2.24, 2.45) is 12.2 Å². The number of rotatable bonds is 2. The van der Waals surface area contributed by atoms with E-state index in [1.165, 1.54) is 19.1 Å². The summed E-state index contributed by atoms with van der Waals surface area (Å²) in [5, 5.41) is 4.46. The van der Waals surface area contributed by atoms with E-state index in [1.54, 1.807) is 13.0 Å². The lowest BCUT2D eigenvalue weighted by Crippen LogP contribution is -1.98. The number of oxime groups is 1. The highest BCUT2D eigenvalue weighted by Crippen LogP contribution is 2.22. The molecule has 1 aromatic carbocycles. The Labute approximate surface area is 104 Å². The van der Waals surface area contributed by atoms with Gasteiger partial charge < -0.3 is 9.40 Å². The van der Waals surface area contributed by atoms with Crippen molar-refractivity contribution < 1.29 is 14.0 Å². The van der Waals surface area contributed by atoms with Crippen LogP contribution in [-0.4, -0.2) is 16.2 Å². The Balaban J connectivity index is 2.54. The molecule has 0 aliphatic heterocycles. The number of aromatic nitrogens is 1. The molecule has 0 saturated carbocycles. The lowest BCUT2D eigenvalue weighted by Gasteiger charge is -1.98. The van der Waals surface area contributed by atoms with Gasteiger partial charge in [-0.15, -0.1) is 0 Å². The van der Waals surface area contributed by atoms with E-state index in [4.69, 9.17) is 0 Å². The molecule has 1 aromatic heterocycles. The van der Waals surface area contributed by atoms with Crippen LogP contribution in [0.3, 0.4) is 0 Å². The van der Waals surface area contributed by atoms with Crippen LogP contribution >= 0.6 is 0 Å². The summed E-state index contributed by atoms with van der Waals surface area (Å²) in [5.41, 5.74) is 2.17. The van der Waals surface area contributed by atoms with Gasteiger partial charge in [0.25, 0.3) is 0 Å². The first-order valence-electron chi connectivity index (χ1n) is 5.46. The molecule has 0 radical (unpaired) electrons. The molecule has 0 aliphatic rings. The van der Waals surface area contributed by atoms with Gasteiger partial charge in [-0.2, -0.15) is 0 Å². The summed E-state index contributed by atoms with van der Waals surface area (Å²) in [7, 11) is 1.86. The van der Waals surface area contributed by atoms with Crippen LogP contribution < -0.4 is 0 Å². The number of fused-ring (bicyclic) bond motifs is 1. The minimum absolute atomic E-state index is 0.310. The molecule has 2 aromatic rings. The number of halogens is 1. The van der Waals surface area contributed by atoms with E-state index < -0.39 is 5.97 Å². The molecule has 2 rings (SSSR count). The summed E-state index contributed by atoms with van der Waals surface area (Å²) in [6.07, 6.45) is 1.83. The summed E-state index contributed by atoms with van der Waals surface area (Å²) >= 11 is 0. The summed E-state index contributed by atoms with van der Waals surface area (Å²) in [5.74, 6) is -0.795. The molecule has 0 saturated heterocycles. The third kappa shape index (κ3) is 2.25. The third-order valence-electron chi connectivity index (χ3n) is 2.65. The fraction of sp³-hybridized carbons (Fsp3) is 0.231. The maximum Gasteiger partial charge on any atom is 0.331 e. The van der Waals surface area contributed by atoms with Gasteiger partial charge in [-0.05, 0) is 25.1 Å². The number of hydrogen-bond donors (Lipinski definition) is 0. The van der Waals surface area contributed by atoms with Gasteiger partial charge in [-0.25, -0.2) is 9.18 Å². The smallest absolute Gasteiger partial charge is 0.331 e. The molecule has 0 bridgehead atoms. The van der Waals surface area contributed by atoms with Gasteiger partial charge >= 0.3 is 5.97 Å². The number of nitrogens with zero attached hydrogens (tertiary/aromatic N) is 2. The quantitative estimate of drug-likeness (QED) is 0.466. The monoisotopic (exact) mass is 248 g/mol. The second-order valence-corrected chi connectivity index (χ2v) is 4.07. The molecule has 0 aliphatic carbocycles. The number of benzene rings is 1. The molecule has 0 N–H and O–H groups in total. The van der Waals surface area contributed by atoms with Crippen LogP contribution in [0, 0.1) is 5.82 Å². The Kier molecular flexibility index (Phi) is 3.14. The highest BCUT2D eigenvalue weighted by atomic mass is 19.1. The number of carbonyl (C=O) groups is 1. The molecule has 0 spiro atoms. The van der Waals surface area contributed by atoms with Gasteiger partial charge in [-0.3, -0.25) is 0 Å². The van der Waals surface area contributed by atoms with Gasteiger partial charge in [0.15, 0.2) is 0 Å². The number of hydrogen-bond acceptors (Lipinski definition) is 3. The van der Waals surface area contributed by atoms with Crippen molar-refractivity contribution in [3.8, 4) is 0 Å². The average molecular weight is 248 g/mol. The summed E-state index contributed by atoms with van der Waals surface area (Å²) < 4.78 is 15.1. The second-order valence-electron chi connectivity index (χ2n) is 4.07. The highest BCUT2D eigenvalue weighted by Gasteiger charge is 2.10. The fourth-order valence-electron chi connectivity index (χ4n) is 1.83. The Bertz CT molecular complexity index is 644. The lowest BCUT2D eigenvalue weighted by atomic mass is 10.1. The summed E-state index contributed by atoms with van der Waals surface area (Å²) in [4.78, 5) is 15.3. The van der Waals surface area contributed by atoms with Gasteiger partial charge in [0.05, 0.1) is 5.71 Å². The van der Waals surface area contributed by atoms with E-state index in [2.05, 4.69) is 9.99 Å². The Morgan fingerprint density at radius 2 is 2.11 bits per heavy atom. The van der Waals surface area contributed by atoms with Crippen molar-refractivity contribution in [1.29, 1.82) is 0 Å². The molecular weight excluding hydrogens is 235 g/mol. The topological polar surface area (TPSA) is 43.6 Å². The van der Waals surface area contributed by atoms with Crippen LogP contribution in [0.4, 0.5) is 4.39 Å². The Hall–Kier alpha value is -2.17. The molecule has 0 unspecified atom stereocenters. The van der Waals surface area contributed by atoms with Crippen molar-refractivity contribution >= 4 is 22.6 Å². The van der Waals surface area contributed by atoms with Crippen molar-refractivity contribution in [3.05, 3.63) is 35.8 Å². The molecule has 0 atom stereocenters. The minimum Gasteiger partial charge on any atom is -0.350 e. The normalized spacial score (nSPS) is 11.9. The highest BCUT2D eigenvalue weighted by molar-refractivity contribution is 6.09. The first kappa shape index (κ1) is 12.3. The zero-order valence-electron chi connectivity index (χ0n) is 10.4. The van der Waals surface area contributed by atoms with E-state index in [-0.39, 0.29) is 5.82 Å². The van der Waals surface area contributed by atoms with Gasteiger partial charge in [0.1, 0.15) is 5.82 Å². The van der Waals surface area contributed by atoms with Gasteiger partial charge in [0, 0.05) is 36.6 Å². The Morgan fingerprint density at radius 1 is 1.39 bits per heavy atom. The first-order chi connectivity index (χ1) is 8.49. The fourth-order valence-corrected chi connectivity index (χ4v) is 1.83. The lowest BCUT2D eigenvalue weighted by molar-refractivity contribution is -0.140. The largest absolute Gasteiger partial charge is 0.350 e. The predicted octanol–water partition coefficient (Wildman–Crippen LogP) is 2.60. The molecular formula is C13H13FN2O2. The standard InChI is InChI=1S/C13H13FN2O2/c1-8(15-18-9(2)17)12-7-16(3)13-5-4-10(14)6-11(12)13/h4-7H,1-3H3/b15-8+. The molecule has 0 amide bonds. The maximum atomic E-state index is 13.3. The zero-order valence-corrected chi connectivity index (χ0v) is 10.4. The molecule has 1 heterocycles. The zero-order chi connectivity index (χ0) is 13.3. The summed E-state index contributed by atoms with van der Waals surface area (Å²) in [6.45, 7) is 2.99. The van der Waals surface area contributed by atoms with E-state index in [0.717, 1.165) is 16.5 Å². The molecule has 4 nitrogen and oxygen atoms in total. The molecule has 18 heavy (non-hydrogen) atoms. The van der Waals surface area contributed by atoms with E-state index >= 15 is 0 Å². The number of aryl methyl sites for hydroxylation is 1. The minimum atomic E-state index is -0.485. The first-order valence-corrected chi connectivity index (χ1v) is 5.46. The van der Waals surface area contributed by atoms with Gasteiger partial charge in [0.2, 0.25) is 0 Å². The average Bonchev–Trinajstić information content (AvgIpc) is 2.63. The van der Waals surface area contributed by atoms with Crippen molar-refractivity contribution in [2.75, 3.05) is 0 Å². The molecule has 0 fully saturated rings. The second kappa shape index (κ2) is 4.60. The van der Waals surface area contributed by atoms with Crippen LogP contribution in [0.5, 0.6) is 0 Å². The SMILES string of the molecule is CC(=O)O/N=C(\C)c1cn(C)c2ccc(F)cc12. The van der Waals surface area contributed by atoms with Crippen LogP contribution in [-0.2, 0) is 16.7 Å². The van der Waals surface area contributed by atoms with E-state index in [0.29, 0.717) is 5.71 Å². The third-order valence-corrected chi connectivity index (χ3v) is 2.65. The van der Waals surface area contributed by atoms with Crippen molar-refractivity contribution in [2.45, 2.75) is 13.8 Å². The maximum absolute atomic E-state index is 13.3. The van der Waals surface area contributed by atoms with E-state index in [9.17, 15) is 9.18 Å². The number of carbonyl (C=O) groups excluding carboxylic acids is 1. The van der Waals surface area contributed by atoms with Crippen LogP contribution in [0.25, 0.3) is 10.9 Å². The van der Waals surface area contributed by atoms with Gasteiger partial charge in [-0.1, -0.05) is 5.16 Å². The predicted molar refractivity (Wildman–Crippen MR) is 66.9 cm³/mol. The van der Waals surface area contributed by atoms with Crippen molar-refractivity contribution in [1.82, 2.24) is 4.57 Å². The van der Waals surface area contributed by atoms with Crippen LogP contribution in [0.1, 0.15) is 19.4 Å².